The van der Waals surface area contributed by atoms with Crippen molar-refractivity contribution in [2.75, 3.05) is 19.6 Å². The summed E-state index contributed by atoms with van der Waals surface area (Å²) in [5.41, 5.74) is 0. The lowest BCUT2D eigenvalue weighted by Gasteiger charge is -2.18. The van der Waals surface area contributed by atoms with Crippen molar-refractivity contribution < 1.29 is 14.7 Å². The molecule has 0 bridgehead atoms. The highest BCUT2D eigenvalue weighted by atomic mass is 16.4. The van der Waals surface area contributed by atoms with E-state index in [1.807, 2.05) is 13.8 Å². The van der Waals surface area contributed by atoms with Gasteiger partial charge < -0.3 is 15.3 Å². The van der Waals surface area contributed by atoms with E-state index in [1.54, 1.807) is 0 Å². The summed E-state index contributed by atoms with van der Waals surface area (Å²) in [7, 11) is 0. The second kappa shape index (κ2) is 7.36. The van der Waals surface area contributed by atoms with E-state index in [2.05, 4.69) is 10.2 Å². The molecule has 0 aromatic carbocycles. The molecule has 0 aliphatic carbocycles. The minimum atomic E-state index is -0.946. The maximum absolute atomic E-state index is 11.7. The van der Waals surface area contributed by atoms with Crippen LogP contribution in [0, 0.1) is 5.92 Å². The number of nitrogens with zero attached hydrogens (tertiary/aromatic N) is 1. The van der Waals surface area contributed by atoms with Crippen LogP contribution < -0.4 is 5.32 Å². The van der Waals surface area contributed by atoms with Crippen LogP contribution in [-0.4, -0.2) is 47.6 Å². The van der Waals surface area contributed by atoms with Crippen molar-refractivity contribution in [2.24, 2.45) is 5.92 Å². The van der Waals surface area contributed by atoms with Gasteiger partial charge in [0.05, 0.1) is 0 Å². The molecule has 5 heteroatoms. The van der Waals surface area contributed by atoms with Gasteiger partial charge in [-0.05, 0) is 38.3 Å². The predicted octanol–water partition coefficient (Wildman–Crippen LogP) is 1.09. The van der Waals surface area contributed by atoms with E-state index in [4.69, 9.17) is 5.11 Å². The fourth-order valence-corrected chi connectivity index (χ4v) is 2.23. The van der Waals surface area contributed by atoms with Gasteiger partial charge >= 0.3 is 5.97 Å². The van der Waals surface area contributed by atoms with Crippen LogP contribution >= 0.6 is 0 Å². The molecule has 0 radical (unpaired) electrons. The standard InChI is InChI=1S/C13H24N2O3/c1-10(2)9-11(13(17)18)14-12(16)5-8-15-6-3-4-7-15/h10-11H,3-9H2,1-2H3,(H,14,16)(H,17,18). The van der Waals surface area contributed by atoms with E-state index in [-0.39, 0.29) is 11.8 Å². The van der Waals surface area contributed by atoms with Gasteiger partial charge in [0.25, 0.3) is 0 Å². The number of carboxylic acid groups (broad SMARTS) is 1. The van der Waals surface area contributed by atoms with Gasteiger partial charge in [-0.25, -0.2) is 4.79 Å². The fraction of sp³-hybridized carbons (Fsp3) is 0.846. The van der Waals surface area contributed by atoms with Gasteiger partial charge in [0.2, 0.25) is 5.91 Å². The van der Waals surface area contributed by atoms with Crippen molar-refractivity contribution >= 4 is 11.9 Å². The molecule has 1 rings (SSSR count). The first-order valence-corrected chi connectivity index (χ1v) is 6.73. The number of carbonyl (C=O) groups is 2. The van der Waals surface area contributed by atoms with Crippen LogP contribution in [0.15, 0.2) is 0 Å². The summed E-state index contributed by atoms with van der Waals surface area (Å²) in [5, 5.41) is 11.6. The number of hydrogen-bond donors (Lipinski definition) is 2. The number of likely N-dealkylation sites (tertiary alicyclic amines) is 1. The highest BCUT2D eigenvalue weighted by molar-refractivity contribution is 5.83. The molecule has 1 aliphatic rings. The minimum absolute atomic E-state index is 0.157. The maximum Gasteiger partial charge on any atom is 0.326 e. The van der Waals surface area contributed by atoms with E-state index in [1.165, 1.54) is 12.8 Å². The van der Waals surface area contributed by atoms with Gasteiger partial charge in [0.15, 0.2) is 0 Å². The van der Waals surface area contributed by atoms with E-state index in [9.17, 15) is 9.59 Å². The lowest BCUT2D eigenvalue weighted by molar-refractivity contribution is -0.142. The first kappa shape index (κ1) is 15.0. The first-order chi connectivity index (χ1) is 8.49. The molecule has 0 spiro atoms. The summed E-state index contributed by atoms with van der Waals surface area (Å²) < 4.78 is 0. The quantitative estimate of drug-likeness (QED) is 0.715. The van der Waals surface area contributed by atoms with E-state index < -0.39 is 12.0 Å². The van der Waals surface area contributed by atoms with Crippen molar-refractivity contribution in [3.8, 4) is 0 Å². The van der Waals surface area contributed by atoms with Crippen LogP contribution in [0.4, 0.5) is 0 Å². The summed E-state index contributed by atoms with van der Waals surface area (Å²) in [6.07, 6.45) is 3.27. The molecule has 0 aromatic heterocycles. The summed E-state index contributed by atoms with van der Waals surface area (Å²) in [4.78, 5) is 24.9. The zero-order valence-corrected chi connectivity index (χ0v) is 11.3. The number of amides is 1. The third kappa shape index (κ3) is 5.49. The zero-order valence-electron chi connectivity index (χ0n) is 11.3. The lowest BCUT2D eigenvalue weighted by atomic mass is 10.0. The summed E-state index contributed by atoms with van der Waals surface area (Å²) >= 11 is 0. The van der Waals surface area contributed by atoms with Crippen LogP contribution in [0.2, 0.25) is 0 Å². The fourth-order valence-electron chi connectivity index (χ4n) is 2.23. The molecule has 1 atom stereocenters. The Balaban J connectivity index is 2.29. The number of carbonyl (C=O) groups excluding carboxylic acids is 1. The molecule has 1 heterocycles. The van der Waals surface area contributed by atoms with Gasteiger partial charge in [-0.2, -0.15) is 0 Å². The Hall–Kier alpha value is -1.10. The summed E-state index contributed by atoms with van der Waals surface area (Å²) in [6, 6.07) is -0.754. The van der Waals surface area contributed by atoms with E-state index >= 15 is 0 Å². The Morgan fingerprint density at radius 3 is 2.39 bits per heavy atom. The normalized spacial score (nSPS) is 17.9. The molecule has 1 aliphatic heterocycles. The molecular formula is C13H24N2O3. The molecule has 5 nitrogen and oxygen atoms in total. The van der Waals surface area contributed by atoms with E-state index in [0.717, 1.165) is 19.6 Å². The van der Waals surface area contributed by atoms with Crippen LogP contribution in [0.25, 0.3) is 0 Å². The van der Waals surface area contributed by atoms with Gasteiger partial charge in [-0.15, -0.1) is 0 Å². The molecular weight excluding hydrogens is 232 g/mol. The molecule has 0 aromatic rings. The molecule has 1 unspecified atom stereocenters. The maximum atomic E-state index is 11.7. The minimum Gasteiger partial charge on any atom is -0.480 e. The van der Waals surface area contributed by atoms with Crippen LogP contribution in [0.1, 0.15) is 39.5 Å². The Morgan fingerprint density at radius 1 is 1.28 bits per heavy atom. The zero-order chi connectivity index (χ0) is 13.5. The number of nitrogens with one attached hydrogen (secondary N) is 1. The monoisotopic (exact) mass is 256 g/mol. The molecule has 104 valence electrons. The van der Waals surface area contributed by atoms with Gasteiger partial charge in [-0.1, -0.05) is 13.8 Å². The molecule has 1 saturated heterocycles. The van der Waals surface area contributed by atoms with Gasteiger partial charge in [-0.3, -0.25) is 4.79 Å². The smallest absolute Gasteiger partial charge is 0.326 e. The van der Waals surface area contributed by atoms with Crippen LogP contribution in [0.5, 0.6) is 0 Å². The van der Waals surface area contributed by atoms with Gasteiger partial charge in [0, 0.05) is 13.0 Å². The van der Waals surface area contributed by atoms with Crippen molar-refractivity contribution in [3.63, 3.8) is 0 Å². The van der Waals surface area contributed by atoms with Crippen molar-refractivity contribution in [2.45, 2.75) is 45.6 Å². The topological polar surface area (TPSA) is 69.6 Å². The summed E-state index contributed by atoms with van der Waals surface area (Å²) in [5.74, 6) is -0.849. The third-order valence-electron chi connectivity index (χ3n) is 3.19. The predicted molar refractivity (Wildman–Crippen MR) is 69.3 cm³/mol. The Kier molecular flexibility index (Phi) is 6.12. The number of hydrogen-bond acceptors (Lipinski definition) is 3. The molecule has 1 amide bonds. The highest BCUT2D eigenvalue weighted by Gasteiger charge is 2.21. The second-order valence-electron chi connectivity index (χ2n) is 5.39. The number of carboxylic acids is 1. The molecule has 2 N–H and O–H groups in total. The lowest BCUT2D eigenvalue weighted by Crippen LogP contribution is -2.42. The van der Waals surface area contributed by atoms with Crippen molar-refractivity contribution in [1.29, 1.82) is 0 Å². The van der Waals surface area contributed by atoms with Gasteiger partial charge in [0.1, 0.15) is 6.04 Å². The molecule has 0 saturated carbocycles. The van der Waals surface area contributed by atoms with Crippen LogP contribution in [0.3, 0.4) is 0 Å². The first-order valence-electron chi connectivity index (χ1n) is 6.73. The Labute approximate surface area is 109 Å². The van der Waals surface area contributed by atoms with E-state index in [0.29, 0.717) is 12.8 Å². The molecule has 18 heavy (non-hydrogen) atoms. The average Bonchev–Trinajstić information content (AvgIpc) is 2.77. The number of rotatable bonds is 7. The highest BCUT2D eigenvalue weighted by Crippen LogP contribution is 2.08. The summed E-state index contributed by atoms with van der Waals surface area (Å²) in [6.45, 7) is 6.75. The van der Waals surface area contributed by atoms with Crippen LogP contribution in [-0.2, 0) is 9.59 Å². The Morgan fingerprint density at radius 2 is 1.89 bits per heavy atom. The number of aliphatic carboxylic acids is 1. The third-order valence-corrected chi connectivity index (χ3v) is 3.19. The second-order valence-corrected chi connectivity index (χ2v) is 5.39. The van der Waals surface area contributed by atoms with Crippen molar-refractivity contribution in [3.05, 3.63) is 0 Å². The Bertz CT molecular complexity index is 286. The van der Waals surface area contributed by atoms with Crippen molar-refractivity contribution in [1.82, 2.24) is 10.2 Å². The SMILES string of the molecule is CC(C)CC(NC(=O)CCN1CCCC1)C(=O)O. The average molecular weight is 256 g/mol. The molecule has 1 fully saturated rings. The largest absolute Gasteiger partial charge is 0.480 e.